The van der Waals surface area contributed by atoms with E-state index in [0.29, 0.717) is 6.04 Å². The van der Waals surface area contributed by atoms with E-state index in [1.807, 2.05) is 0 Å². The lowest BCUT2D eigenvalue weighted by Crippen LogP contribution is -2.24. The first kappa shape index (κ1) is 13.6. The van der Waals surface area contributed by atoms with Crippen molar-refractivity contribution in [2.75, 3.05) is 17.2 Å². The number of nitrogens with zero attached hydrogens (tertiary/aromatic N) is 2. The lowest BCUT2D eigenvalue weighted by molar-refractivity contribution is 0.481. The monoisotopic (exact) mass is 312 g/mol. The minimum atomic E-state index is 0.466. The smallest absolute Gasteiger partial charge is 0.146 e. The highest BCUT2D eigenvalue weighted by Gasteiger charge is 2.22. The van der Waals surface area contributed by atoms with Gasteiger partial charge in [-0.15, -0.1) is 0 Å². The van der Waals surface area contributed by atoms with Gasteiger partial charge in [0.15, 0.2) is 0 Å². The van der Waals surface area contributed by atoms with Gasteiger partial charge in [0.2, 0.25) is 0 Å². The van der Waals surface area contributed by atoms with Gasteiger partial charge in [0, 0.05) is 12.6 Å². The Kier molecular flexibility index (Phi) is 4.80. The van der Waals surface area contributed by atoms with Crippen molar-refractivity contribution in [2.24, 2.45) is 5.92 Å². The van der Waals surface area contributed by atoms with Gasteiger partial charge in [0.25, 0.3) is 0 Å². The van der Waals surface area contributed by atoms with Crippen LogP contribution in [0.4, 0.5) is 11.6 Å². The molecule has 0 amide bonds. The Hall–Kier alpha value is -0.840. The van der Waals surface area contributed by atoms with Crippen molar-refractivity contribution >= 4 is 27.6 Å². The summed E-state index contributed by atoms with van der Waals surface area (Å²) in [5, 5.41) is 6.73. The Morgan fingerprint density at radius 3 is 2.67 bits per heavy atom. The van der Waals surface area contributed by atoms with E-state index in [1.165, 1.54) is 25.7 Å². The number of hydrogen-bond donors (Lipinski definition) is 2. The van der Waals surface area contributed by atoms with Gasteiger partial charge in [-0.2, -0.15) is 0 Å². The van der Waals surface area contributed by atoms with E-state index in [4.69, 9.17) is 0 Å². The van der Waals surface area contributed by atoms with Crippen molar-refractivity contribution in [2.45, 2.75) is 45.6 Å². The molecule has 100 valence electrons. The number of rotatable bonds is 5. The molecule has 0 aliphatic heterocycles. The molecule has 1 aromatic rings. The Labute approximate surface area is 117 Å². The summed E-state index contributed by atoms with van der Waals surface area (Å²) in [4.78, 5) is 8.55. The van der Waals surface area contributed by atoms with E-state index >= 15 is 0 Å². The minimum absolute atomic E-state index is 0.466. The van der Waals surface area contributed by atoms with Crippen LogP contribution in [0.1, 0.15) is 39.5 Å². The molecule has 0 radical (unpaired) electrons. The van der Waals surface area contributed by atoms with Gasteiger partial charge in [0.1, 0.15) is 22.4 Å². The average Bonchev–Trinajstić information content (AvgIpc) is 2.88. The summed E-state index contributed by atoms with van der Waals surface area (Å²) in [6.07, 6.45) is 6.99. The molecule has 1 atom stereocenters. The Morgan fingerprint density at radius 2 is 2.00 bits per heavy atom. The molecular formula is C13H21BrN4. The van der Waals surface area contributed by atoms with Gasteiger partial charge in [-0.25, -0.2) is 9.97 Å². The van der Waals surface area contributed by atoms with Crippen LogP contribution in [0.25, 0.3) is 0 Å². The molecule has 1 aliphatic carbocycles. The fraction of sp³-hybridized carbons (Fsp3) is 0.692. The quantitative estimate of drug-likeness (QED) is 0.871. The molecular weight excluding hydrogens is 292 g/mol. The number of halogens is 1. The van der Waals surface area contributed by atoms with Crippen LogP contribution in [-0.4, -0.2) is 22.6 Å². The summed E-state index contributed by atoms with van der Waals surface area (Å²) in [6, 6.07) is 0.466. The topological polar surface area (TPSA) is 49.8 Å². The fourth-order valence-electron chi connectivity index (χ4n) is 2.55. The lowest BCUT2D eigenvalue weighted by atomic mass is 10.00. The summed E-state index contributed by atoms with van der Waals surface area (Å²) in [6.45, 7) is 5.16. The third kappa shape index (κ3) is 3.13. The molecule has 1 aromatic heterocycles. The van der Waals surface area contributed by atoms with Gasteiger partial charge >= 0.3 is 0 Å². The van der Waals surface area contributed by atoms with E-state index in [1.54, 1.807) is 6.33 Å². The fourth-order valence-corrected chi connectivity index (χ4v) is 3.01. The molecule has 1 aliphatic rings. The van der Waals surface area contributed by atoms with Crippen LogP contribution in [0.3, 0.4) is 0 Å². The molecule has 18 heavy (non-hydrogen) atoms. The van der Waals surface area contributed by atoms with Crippen LogP contribution in [-0.2, 0) is 0 Å². The van der Waals surface area contributed by atoms with Crippen molar-refractivity contribution in [3.05, 3.63) is 10.8 Å². The largest absolute Gasteiger partial charge is 0.369 e. The van der Waals surface area contributed by atoms with Gasteiger partial charge in [-0.05, 0) is 48.5 Å². The zero-order chi connectivity index (χ0) is 13.0. The Morgan fingerprint density at radius 1 is 1.33 bits per heavy atom. The van der Waals surface area contributed by atoms with Crippen LogP contribution >= 0.6 is 15.9 Å². The second-order valence-corrected chi connectivity index (χ2v) is 5.69. The maximum absolute atomic E-state index is 4.32. The molecule has 4 nitrogen and oxygen atoms in total. The number of aromatic nitrogens is 2. The first-order valence-corrected chi connectivity index (χ1v) is 7.52. The predicted octanol–water partition coefficient (Wildman–Crippen LogP) is 3.66. The van der Waals surface area contributed by atoms with Gasteiger partial charge in [-0.3, -0.25) is 0 Å². The number of nitrogens with one attached hydrogen (secondary N) is 2. The summed E-state index contributed by atoms with van der Waals surface area (Å²) < 4.78 is 0.927. The molecule has 2 N–H and O–H groups in total. The van der Waals surface area contributed by atoms with E-state index in [0.717, 1.165) is 28.6 Å². The Bertz CT molecular complexity index is 391. The normalized spacial score (nSPS) is 17.7. The maximum Gasteiger partial charge on any atom is 0.146 e. The van der Waals surface area contributed by atoms with E-state index < -0.39 is 0 Å². The molecule has 5 heteroatoms. The molecule has 2 rings (SSSR count). The zero-order valence-corrected chi connectivity index (χ0v) is 12.6. The van der Waals surface area contributed by atoms with Crippen molar-refractivity contribution in [1.82, 2.24) is 9.97 Å². The highest BCUT2D eigenvalue weighted by Crippen LogP contribution is 2.32. The van der Waals surface area contributed by atoms with Crippen LogP contribution in [0, 0.1) is 5.92 Å². The van der Waals surface area contributed by atoms with Crippen LogP contribution in [0.5, 0.6) is 0 Å². The summed E-state index contributed by atoms with van der Waals surface area (Å²) in [5.41, 5.74) is 0. The highest BCUT2D eigenvalue weighted by atomic mass is 79.9. The van der Waals surface area contributed by atoms with E-state index in [9.17, 15) is 0 Å². The SMILES string of the molecule is CCNc1ncnc(NC(C)C2CCCC2)c1Br. The molecule has 1 saturated carbocycles. The summed E-state index contributed by atoms with van der Waals surface area (Å²) >= 11 is 3.57. The summed E-state index contributed by atoms with van der Waals surface area (Å²) in [5.74, 6) is 2.52. The minimum Gasteiger partial charge on any atom is -0.369 e. The number of hydrogen-bond acceptors (Lipinski definition) is 4. The second kappa shape index (κ2) is 6.36. The zero-order valence-electron chi connectivity index (χ0n) is 11.0. The molecule has 1 unspecified atom stereocenters. The predicted molar refractivity (Wildman–Crippen MR) is 78.9 cm³/mol. The van der Waals surface area contributed by atoms with Gasteiger partial charge in [-0.1, -0.05) is 12.8 Å². The molecule has 0 aromatic carbocycles. The van der Waals surface area contributed by atoms with Crippen LogP contribution in [0.15, 0.2) is 10.8 Å². The molecule has 1 heterocycles. The van der Waals surface area contributed by atoms with Crippen molar-refractivity contribution in [3.63, 3.8) is 0 Å². The molecule has 0 spiro atoms. The van der Waals surface area contributed by atoms with Crippen LogP contribution in [0.2, 0.25) is 0 Å². The van der Waals surface area contributed by atoms with Crippen molar-refractivity contribution < 1.29 is 0 Å². The molecule has 0 bridgehead atoms. The number of anilines is 2. The van der Waals surface area contributed by atoms with Crippen LogP contribution < -0.4 is 10.6 Å². The maximum atomic E-state index is 4.32. The standard InChI is InChI=1S/C13H21BrN4/c1-3-15-12-11(14)13(17-8-16-12)18-9(2)10-6-4-5-7-10/h8-10H,3-7H2,1-2H3,(H2,15,16,17,18). The molecule has 1 fully saturated rings. The van der Waals surface area contributed by atoms with Crippen molar-refractivity contribution in [1.29, 1.82) is 0 Å². The third-order valence-corrected chi connectivity index (χ3v) is 4.36. The second-order valence-electron chi connectivity index (χ2n) is 4.89. The van der Waals surface area contributed by atoms with E-state index in [-0.39, 0.29) is 0 Å². The van der Waals surface area contributed by atoms with E-state index in [2.05, 4.69) is 50.4 Å². The Balaban J connectivity index is 2.06. The first-order chi connectivity index (χ1) is 8.72. The average molecular weight is 313 g/mol. The van der Waals surface area contributed by atoms with Gasteiger partial charge in [0.05, 0.1) is 0 Å². The highest BCUT2D eigenvalue weighted by molar-refractivity contribution is 9.10. The lowest BCUT2D eigenvalue weighted by Gasteiger charge is -2.22. The summed E-state index contributed by atoms with van der Waals surface area (Å²) in [7, 11) is 0. The van der Waals surface area contributed by atoms with Crippen molar-refractivity contribution in [3.8, 4) is 0 Å². The third-order valence-electron chi connectivity index (χ3n) is 3.61. The van der Waals surface area contributed by atoms with Gasteiger partial charge < -0.3 is 10.6 Å². The first-order valence-electron chi connectivity index (χ1n) is 6.73. The molecule has 0 saturated heterocycles.